The number of likely N-dealkylation sites (tertiary alicyclic amines) is 1. The van der Waals surface area contributed by atoms with E-state index in [4.69, 9.17) is 5.73 Å². The topological polar surface area (TPSA) is 69.4 Å². The zero-order valence-electron chi connectivity index (χ0n) is 8.22. The second-order valence-electron chi connectivity index (χ2n) is 4.36. The van der Waals surface area contributed by atoms with Gasteiger partial charge in [-0.1, -0.05) is 0 Å². The summed E-state index contributed by atoms with van der Waals surface area (Å²) >= 11 is -1.94. The van der Waals surface area contributed by atoms with Crippen LogP contribution < -0.4 is 5.73 Å². The third kappa shape index (κ3) is 2.34. The summed E-state index contributed by atoms with van der Waals surface area (Å²) in [5, 5.41) is -0.234. The molecular weight excluding hydrogens is 200 g/mol. The number of nitrogens with two attached hydrogens (primary N) is 1. The summed E-state index contributed by atoms with van der Waals surface area (Å²) in [5.41, 5.74) is 5.78. The van der Waals surface area contributed by atoms with Crippen LogP contribution in [0.2, 0.25) is 0 Å². The maximum Gasteiger partial charge on any atom is 0.0755 e. The van der Waals surface area contributed by atoms with Gasteiger partial charge in [-0.2, -0.15) is 0 Å². The van der Waals surface area contributed by atoms with Gasteiger partial charge in [-0.3, -0.25) is 9.11 Å². The van der Waals surface area contributed by atoms with Crippen LogP contribution in [0.25, 0.3) is 0 Å². The molecule has 1 saturated heterocycles. The number of piperidine rings is 1. The highest BCUT2D eigenvalue weighted by Gasteiger charge is 2.37. The first kappa shape index (κ1) is 10.5. The first-order chi connectivity index (χ1) is 6.68. The van der Waals surface area contributed by atoms with E-state index in [0.29, 0.717) is 5.92 Å². The first-order valence-electron chi connectivity index (χ1n) is 5.26. The summed E-state index contributed by atoms with van der Waals surface area (Å²) < 4.78 is 22.2. The van der Waals surface area contributed by atoms with Gasteiger partial charge in [0.15, 0.2) is 0 Å². The zero-order chi connectivity index (χ0) is 10.1. The molecule has 2 N–H and O–H groups in total. The molecule has 1 aliphatic heterocycles. The third-order valence-corrected chi connectivity index (χ3v) is 4.23. The molecule has 4 nitrogen and oxygen atoms in total. The van der Waals surface area contributed by atoms with E-state index in [9.17, 15) is 8.76 Å². The molecule has 5 heteroatoms. The maximum absolute atomic E-state index is 11.1. The SMILES string of the molecule is NC1CCN(C(C2CC2)S(=O)[O-])CC1. The quantitative estimate of drug-likeness (QED) is 0.677. The van der Waals surface area contributed by atoms with Crippen LogP contribution in [0, 0.1) is 5.92 Å². The lowest BCUT2D eigenvalue weighted by molar-refractivity contribution is 0.178. The van der Waals surface area contributed by atoms with Gasteiger partial charge in [0.05, 0.1) is 5.37 Å². The van der Waals surface area contributed by atoms with E-state index in [-0.39, 0.29) is 11.4 Å². The monoisotopic (exact) mass is 217 g/mol. The van der Waals surface area contributed by atoms with Crippen LogP contribution in [0.3, 0.4) is 0 Å². The van der Waals surface area contributed by atoms with Crippen molar-refractivity contribution >= 4 is 11.1 Å². The molecule has 2 unspecified atom stereocenters. The Hall–Kier alpha value is 0.0300. The van der Waals surface area contributed by atoms with Crippen molar-refractivity contribution in [3.63, 3.8) is 0 Å². The van der Waals surface area contributed by atoms with E-state index in [1.54, 1.807) is 0 Å². The average molecular weight is 217 g/mol. The van der Waals surface area contributed by atoms with E-state index in [2.05, 4.69) is 4.90 Å². The summed E-state index contributed by atoms with van der Waals surface area (Å²) in [7, 11) is 0. The summed E-state index contributed by atoms with van der Waals surface area (Å²) in [4.78, 5) is 2.09. The van der Waals surface area contributed by atoms with Gasteiger partial charge in [-0.05, 0) is 42.7 Å². The van der Waals surface area contributed by atoms with Gasteiger partial charge < -0.3 is 10.3 Å². The summed E-state index contributed by atoms with van der Waals surface area (Å²) in [5.74, 6) is 0.391. The normalized spacial score (nSPS) is 30.1. The minimum absolute atomic E-state index is 0.234. The molecule has 0 spiro atoms. The average Bonchev–Trinajstić information content (AvgIpc) is 2.92. The van der Waals surface area contributed by atoms with Crippen molar-refractivity contribution in [2.45, 2.75) is 37.1 Å². The molecule has 0 aromatic rings. The van der Waals surface area contributed by atoms with Crippen LogP contribution in [0.5, 0.6) is 0 Å². The van der Waals surface area contributed by atoms with Crippen molar-refractivity contribution in [2.75, 3.05) is 13.1 Å². The van der Waals surface area contributed by atoms with Gasteiger partial charge >= 0.3 is 0 Å². The van der Waals surface area contributed by atoms with Gasteiger partial charge in [0, 0.05) is 19.1 Å². The van der Waals surface area contributed by atoms with Crippen LogP contribution >= 0.6 is 0 Å². The summed E-state index contributed by atoms with van der Waals surface area (Å²) in [6.45, 7) is 1.69. The number of hydrogen-bond donors (Lipinski definition) is 1. The Kier molecular flexibility index (Phi) is 3.21. The highest BCUT2D eigenvalue weighted by Crippen LogP contribution is 2.37. The van der Waals surface area contributed by atoms with Crippen LogP contribution in [-0.2, 0) is 11.1 Å². The van der Waals surface area contributed by atoms with Gasteiger partial charge in [-0.25, -0.2) is 0 Å². The fraction of sp³-hybridized carbons (Fsp3) is 1.00. The standard InChI is InChI=1S/C9H18N2O2S/c10-8-3-5-11(6-4-8)9(14(12)13)7-1-2-7/h7-9H,1-6,10H2,(H,12,13)/p-1. The smallest absolute Gasteiger partial charge is 0.0755 e. The molecule has 82 valence electrons. The lowest BCUT2D eigenvalue weighted by Crippen LogP contribution is -2.47. The highest BCUT2D eigenvalue weighted by molar-refractivity contribution is 7.79. The van der Waals surface area contributed by atoms with Crippen molar-refractivity contribution in [3.05, 3.63) is 0 Å². The second-order valence-corrected chi connectivity index (χ2v) is 5.37. The van der Waals surface area contributed by atoms with Crippen LogP contribution in [-0.4, -0.2) is 38.2 Å². The predicted octanol–water partition coefficient (Wildman–Crippen LogP) is 0.0247. The number of nitrogens with zero attached hydrogens (tertiary/aromatic N) is 1. The molecule has 0 aromatic heterocycles. The molecule has 2 rings (SSSR count). The van der Waals surface area contributed by atoms with Crippen LogP contribution in [0.15, 0.2) is 0 Å². The third-order valence-electron chi connectivity index (χ3n) is 3.16. The van der Waals surface area contributed by atoms with Crippen LogP contribution in [0.1, 0.15) is 25.7 Å². The van der Waals surface area contributed by atoms with Crippen molar-refractivity contribution < 1.29 is 8.76 Å². The Morgan fingerprint density at radius 3 is 2.29 bits per heavy atom. The Balaban J connectivity index is 1.94. The first-order valence-corrected chi connectivity index (χ1v) is 6.40. The van der Waals surface area contributed by atoms with Crippen LogP contribution in [0.4, 0.5) is 0 Å². The van der Waals surface area contributed by atoms with Gasteiger partial charge in [0.1, 0.15) is 0 Å². The molecule has 0 amide bonds. The zero-order valence-corrected chi connectivity index (χ0v) is 9.04. The van der Waals surface area contributed by atoms with E-state index in [1.165, 1.54) is 0 Å². The van der Waals surface area contributed by atoms with Crippen molar-refractivity contribution in [1.82, 2.24) is 4.90 Å². The van der Waals surface area contributed by atoms with E-state index in [1.807, 2.05) is 0 Å². The van der Waals surface area contributed by atoms with Crippen molar-refractivity contribution in [2.24, 2.45) is 11.7 Å². The fourth-order valence-corrected chi connectivity index (χ4v) is 3.17. The molecule has 2 aliphatic rings. The minimum atomic E-state index is -1.94. The molecule has 1 aliphatic carbocycles. The van der Waals surface area contributed by atoms with E-state index < -0.39 is 11.1 Å². The Morgan fingerprint density at radius 1 is 1.29 bits per heavy atom. The Labute approximate surface area is 87.1 Å². The molecule has 14 heavy (non-hydrogen) atoms. The molecular formula is C9H17N2O2S-. The number of rotatable bonds is 3. The van der Waals surface area contributed by atoms with Gasteiger partial charge in [0.2, 0.25) is 0 Å². The van der Waals surface area contributed by atoms with Gasteiger partial charge in [0.25, 0.3) is 0 Å². The van der Waals surface area contributed by atoms with E-state index in [0.717, 1.165) is 38.8 Å². The Bertz CT molecular complexity index is 225. The van der Waals surface area contributed by atoms with E-state index >= 15 is 0 Å². The second kappa shape index (κ2) is 4.26. The molecule has 0 bridgehead atoms. The lowest BCUT2D eigenvalue weighted by atomic mass is 10.1. The minimum Gasteiger partial charge on any atom is -0.771 e. The molecule has 2 atom stereocenters. The largest absolute Gasteiger partial charge is 0.771 e. The van der Waals surface area contributed by atoms with Crippen molar-refractivity contribution in [1.29, 1.82) is 0 Å². The predicted molar refractivity (Wildman–Crippen MR) is 54.2 cm³/mol. The van der Waals surface area contributed by atoms with Gasteiger partial charge in [-0.15, -0.1) is 0 Å². The molecule has 0 radical (unpaired) electrons. The molecule has 1 heterocycles. The Morgan fingerprint density at radius 2 is 1.86 bits per heavy atom. The highest BCUT2D eigenvalue weighted by atomic mass is 32.2. The molecule has 0 aromatic carbocycles. The number of hydrogen-bond acceptors (Lipinski definition) is 4. The summed E-state index contributed by atoms with van der Waals surface area (Å²) in [6, 6.07) is 0.270. The fourth-order valence-electron chi connectivity index (χ4n) is 2.13. The summed E-state index contributed by atoms with van der Waals surface area (Å²) in [6.07, 6.45) is 4.00. The lowest BCUT2D eigenvalue weighted by Gasteiger charge is -2.37. The molecule has 2 fully saturated rings. The molecule has 1 saturated carbocycles. The van der Waals surface area contributed by atoms with Crippen molar-refractivity contribution in [3.8, 4) is 0 Å². The maximum atomic E-state index is 11.1.